The highest BCUT2D eigenvalue weighted by Gasteiger charge is 2.31. The Morgan fingerprint density at radius 2 is 1.20 bits per heavy atom. The standard InChI is InChI=1S/C15H17O4P/c16-15(20(17,18)19,11-13-7-3-1-4-8-13)12-14-9-5-2-6-10-14/h1-10,16H,11-12H2,(H2,17,18,19)/p-2. The summed E-state index contributed by atoms with van der Waals surface area (Å²) < 4.78 is 11.5. The number of hydrogen-bond donors (Lipinski definition) is 1. The van der Waals surface area contributed by atoms with Crippen molar-refractivity contribution in [2.45, 2.75) is 18.2 Å². The molecule has 2 rings (SSSR count). The lowest BCUT2D eigenvalue weighted by molar-refractivity contribution is -0.330. The van der Waals surface area contributed by atoms with Crippen molar-refractivity contribution < 1.29 is 19.5 Å². The molecule has 2 aromatic carbocycles. The number of aliphatic hydroxyl groups is 1. The van der Waals surface area contributed by atoms with Gasteiger partial charge in [0.1, 0.15) is 0 Å². The molecule has 0 heterocycles. The van der Waals surface area contributed by atoms with Crippen LogP contribution in [0.4, 0.5) is 0 Å². The second-order valence-electron chi connectivity index (χ2n) is 4.80. The molecule has 0 saturated carbocycles. The second-order valence-corrected chi connectivity index (χ2v) is 6.63. The molecule has 2 aromatic rings. The van der Waals surface area contributed by atoms with Gasteiger partial charge in [0, 0.05) is 12.8 Å². The Hall–Kier alpha value is -1.45. The largest absolute Gasteiger partial charge is 0.809 e. The molecule has 106 valence electrons. The molecule has 0 aliphatic rings. The molecular formula is C15H15O4P-2. The van der Waals surface area contributed by atoms with Gasteiger partial charge in [-0.3, -0.25) is 0 Å². The summed E-state index contributed by atoms with van der Waals surface area (Å²) in [6.07, 6.45) is -0.431. The highest BCUT2D eigenvalue weighted by Crippen LogP contribution is 2.45. The maximum absolute atomic E-state index is 11.5. The molecule has 20 heavy (non-hydrogen) atoms. The van der Waals surface area contributed by atoms with Crippen LogP contribution >= 0.6 is 7.60 Å². The van der Waals surface area contributed by atoms with E-state index in [9.17, 15) is 19.5 Å². The van der Waals surface area contributed by atoms with E-state index in [1.807, 2.05) is 0 Å². The predicted molar refractivity (Wildman–Crippen MR) is 72.8 cm³/mol. The van der Waals surface area contributed by atoms with Gasteiger partial charge in [0.2, 0.25) is 0 Å². The van der Waals surface area contributed by atoms with E-state index in [0.717, 1.165) is 0 Å². The van der Waals surface area contributed by atoms with E-state index in [4.69, 9.17) is 0 Å². The first-order chi connectivity index (χ1) is 9.41. The monoisotopic (exact) mass is 290 g/mol. The lowest BCUT2D eigenvalue weighted by Gasteiger charge is -2.46. The maximum atomic E-state index is 11.5. The fourth-order valence-corrected chi connectivity index (χ4v) is 2.85. The zero-order chi connectivity index (χ0) is 14.6. The summed E-state index contributed by atoms with van der Waals surface area (Å²) in [5, 5.41) is 8.06. The van der Waals surface area contributed by atoms with Crippen molar-refractivity contribution in [2.24, 2.45) is 0 Å². The Morgan fingerprint density at radius 1 is 0.850 bits per heavy atom. The van der Waals surface area contributed by atoms with Gasteiger partial charge in [0.15, 0.2) is 0 Å². The Bertz CT molecular complexity index is 550. The molecule has 4 nitrogen and oxygen atoms in total. The molecule has 0 amide bonds. The van der Waals surface area contributed by atoms with Crippen LogP contribution in [-0.2, 0) is 17.4 Å². The summed E-state index contributed by atoms with van der Waals surface area (Å²) in [6.45, 7) is 0. The average molecular weight is 290 g/mol. The normalized spacial score (nSPS) is 12.3. The maximum Gasteiger partial charge on any atom is 0.0991 e. The summed E-state index contributed by atoms with van der Waals surface area (Å²) in [7, 11) is -5.16. The van der Waals surface area contributed by atoms with Crippen molar-refractivity contribution in [3.05, 3.63) is 71.8 Å². The average Bonchev–Trinajstić information content (AvgIpc) is 2.39. The van der Waals surface area contributed by atoms with Crippen molar-refractivity contribution in [3.8, 4) is 0 Å². The number of rotatable bonds is 5. The second kappa shape index (κ2) is 5.90. The summed E-state index contributed by atoms with van der Waals surface area (Å²) in [6, 6.07) is 17.3. The molecule has 0 fully saturated rings. The Kier molecular flexibility index (Phi) is 4.41. The topological polar surface area (TPSA) is 83.4 Å². The number of benzene rings is 2. The zero-order valence-electron chi connectivity index (χ0n) is 10.8. The van der Waals surface area contributed by atoms with Crippen LogP contribution in [-0.4, -0.2) is 10.4 Å². The van der Waals surface area contributed by atoms with Crippen molar-refractivity contribution >= 4 is 7.60 Å². The predicted octanol–water partition coefficient (Wildman–Crippen LogP) is 1.07. The van der Waals surface area contributed by atoms with Crippen LogP contribution in [0.1, 0.15) is 11.1 Å². The molecule has 0 aliphatic heterocycles. The fraction of sp³-hybridized carbons (Fsp3) is 0.200. The minimum absolute atomic E-state index is 0.215. The van der Waals surface area contributed by atoms with E-state index < -0.39 is 12.9 Å². The van der Waals surface area contributed by atoms with Crippen molar-refractivity contribution in [1.82, 2.24) is 0 Å². The molecular weight excluding hydrogens is 275 g/mol. The lowest BCUT2D eigenvalue weighted by Crippen LogP contribution is -2.43. The zero-order valence-corrected chi connectivity index (χ0v) is 11.7. The quantitative estimate of drug-likeness (QED) is 0.835. The van der Waals surface area contributed by atoms with Crippen LogP contribution in [0, 0.1) is 0 Å². The summed E-state index contributed by atoms with van der Waals surface area (Å²) in [4.78, 5) is 23.0. The van der Waals surface area contributed by atoms with Crippen molar-refractivity contribution in [1.29, 1.82) is 0 Å². The minimum atomic E-state index is -5.16. The van der Waals surface area contributed by atoms with E-state index in [2.05, 4.69) is 0 Å². The molecule has 0 saturated heterocycles. The van der Waals surface area contributed by atoms with Crippen LogP contribution in [0.15, 0.2) is 60.7 Å². The van der Waals surface area contributed by atoms with Gasteiger partial charge < -0.3 is 19.5 Å². The third kappa shape index (κ3) is 3.56. The molecule has 0 aromatic heterocycles. The van der Waals surface area contributed by atoms with Gasteiger partial charge >= 0.3 is 0 Å². The summed E-state index contributed by atoms with van der Waals surface area (Å²) in [5.74, 6) is 0. The fourth-order valence-electron chi connectivity index (χ4n) is 2.10. The van der Waals surface area contributed by atoms with E-state index in [1.165, 1.54) is 0 Å². The minimum Gasteiger partial charge on any atom is -0.809 e. The van der Waals surface area contributed by atoms with Crippen molar-refractivity contribution in [3.63, 3.8) is 0 Å². The highest BCUT2D eigenvalue weighted by molar-refractivity contribution is 7.50. The van der Waals surface area contributed by atoms with Gasteiger partial charge in [-0.25, -0.2) is 0 Å². The first-order valence-corrected chi connectivity index (χ1v) is 7.77. The molecule has 0 atom stereocenters. The van der Waals surface area contributed by atoms with E-state index >= 15 is 0 Å². The van der Waals surface area contributed by atoms with Gasteiger partial charge in [0.05, 0.1) is 5.34 Å². The van der Waals surface area contributed by atoms with Gasteiger partial charge in [-0.2, -0.15) is 0 Å². The molecule has 1 N–H and O–H groups in total. The van der Waals surface area contributed by atoms with Crippen LogP contribution in [0.2, 0.25) is 0 Å². The van der Waals surface area contributed by atoms with E-state index in [-0.39, 0.29) is 12.8 Å². The summed E-state index contributed by atoms with van der Waals surface area (Å²) >= 11 is 0. The third-order valence-electron chi connectivity index (χ3n) is 3.17. The molecule has 0 spiro atoms. The van der Waals surface area contributed by atoms with Gasteiger partial charge in [-0.1, -0.05) is 60.7 Å². The smallest absolute Gasteiger partial charge is 0.0991 e. The highest BCUT2D eigenvalue weighted by atomic mass is 31.2. The van der Waals surface area contributed by atoms with Gasteiger partial charge in [-0.05, 0) is 18.7 Å². The first kappa shape index (κ1) is 14.9. The molecule has 5 heteroatoms. The number of hydrogen-bond acceptors (Lipinski definition) is 4. The van der Waals surface area contributed by atoms with Crippen LogP contribution in [0.3, 0.4) is 0 Å². The Labute approximate surface area is 117 Å². The van der Waals surface area contributed by atoms with E-state index in [1.54, 1.807) is 60.7 Å². The van der Waals surface area contributed by atoms with Crippen LogP contribution in [0.5, 0.6) is 0 Å². The molecule has 0 radical (unpaired) electrons. The van der Waals surface area contributed by atoms with Crippen LogP contribution in [0.25, 0.3) is 0 Å². The first-order valence-electron chi connectivity index (χ1n) is 6.23. The van der Waals surface area contributed by atoms with Gasteiger partial charge in [-0.15, -0.1) is 0 Å². The molecule has 0 aliphatic carbocycles. The van der Waals surface area contributed by atoms with Crippen LogP contribution < -0.4 is 9.79 Å². The summed E-state index contributed by atoms with van der Waals surface area (Å²) in [5.41, 5.74) is 1.22. The molecule has 0 unspecified atom stereocenters. The Morgan fingerprint density at radius 3 is 1.50 bits per heavy atom. The SMILES string of the molecule is O=P([O-])([O-])C(O)(Cc1ccccc1)Cc1ccccc1. The third-order valence-corrected chi connectivity index (χ3v) is 4.51. The lowest BCUT2D eigenvalue weighted by atomic mass is 10.0. The van der Waals surface area contributed by atoms with E-state index in [0.29, 0.717) is 11.1 Å². The van der Waals surface area contributed by atoms with Crippen molar-refractivity contribution in [2.75, 3.05) is 0 Å². The van der Waals surface area contributed by atoms with Gasteiger partial charge in [0.25, 0.3) is 0 Å². The Balaban J connectivity index is 2.29. The molecule has 0 bridgehead atoms.